The molecule has 0 unspecified atom stereocenters. The lowest BCUT2D eigenvalue weighted by atomic mass is 10.1. The molecule has 4 rings (SSSR count). The minimum Gasteiger partial charge on any atom is -0.507 e. The monoisotopic (exact) mass is 426 g/mol. The third-order valence-electron chi connectivity index (χ3n) is 5.27. The van der Waals surface area contributed by atoms with Gasteiger partial charge in [-0.05, 0) is 31.5 Å². The predicted octanol–water partition coefficient (Wildman–Crippen LogP) is 3.21. The number of methoxy groups -OCH3 is 2. The van der Waals surface area contributed by atoms with E-state index in [1.807, 2.05) is 12.1 Å². The molecule has 0 saturated carbocycles. The van der Waals surface area contributed by atoms with Gasteiger partial charge in [0.05, 0.1) is 19.8 Å². The molecule has 0 spiro atoms. The standard InChI is InChI=1S/C22H26N4O5/c1-28-10-11-30-17-7-8-23-18(12-17)21-24-22(31-25-21)19-4-3-9-26(19)14-15-5-6-16(29-2)13-20(15)27/h5-8,12-13,19,27H,3-4,9-11,14H2,1-2H3/t19-/m1/s1. The van der Waals surface area contributed by atoms with E-state index in [-0.39, 0.29) is 11.8 Å². The summed E-state index contributed by atoms with van der Waals surface area (Å²) < 4.78 is 21.4. The van der Waals surface area contributed by atoms with Crippen molar-refractivity contribution in [2.45, 2.75) is 25.4 Å². The second-order valence-electron chi connectivity index (χ2n) is 7.30. The number of aromatic nitrogens is 3. The third kappa shape index (κ3) is 4.95. The topological polar surface area (TPSA) is 103 Å². The maximum absolute atomic E-state index is 10.3. The van der Waals surface area contributed by atoms with Crippen LogP contribution in [0, 0.1) is 0 Å². The summed E-state index contributed by atoms with van der Waals surface area (Å²) in [5.74, 6) is 2.48. The van der Waals surface area contributed by atoms with Gasteiger partial charge in [-0.1, -0.05) is 11.2 Å². The van der Waals surface area contributed by atoms with Crippen LogP contribution in [0.4, 0.5) is 0 Å². The number of ether oxygens (including phenoxy) is 3. The number of likely N-dealkylation sites (tertiary alicyclic amines) is 1. The maximum atomic E-state index is 10.3. The summed E-state index contributed by atoms with van der Waals surface area (Å²) in [7, 11) is 3.21. The summed E-state index contributed by atoms with van der Waals surface area (Å²) in [6.07, 6.45) is 3.58. The molecule has 31 heavy (non-hydrogen) atoms. The Hall–Kier alpha value is -3.17. The Morgan fingerprint density at radius 2 is 2.06 bits per heavy atom. The molecule has 2 aromatic heterocycles. The summed E-state index contributed by atoms with van der Waals surface area (Å²) in [6, 6.07) is 8.90. The number of rotatable bonds is 9. The molecular weight excluding hydrogens is 400 g/mol. The quantitative estimate of drug-likeness (QED) is 0.517. The van der Waals surface area contributed by atoms with E-state index in [0.29, 0.717) is 48.7 Å². The van der Waals surface area contributed by atoms with Crippen molar-refractivity contribution in [1.29, 1.82) is 0 Å². The Bertz CT molecular complexity index is 1010. The van der Waals surface area contributed by atoms with E-state index in [2.05, 4.69) is 20.0 Å². The number of nitrogens with zero attached hydrogens (tertiary/aromatic N) is 4. The minimum absolute atomic E-state index is 0.0103. The molecule has 1 fully saturated rings. The first-order valence-electron chi connectivity index (χ1n) is 10.2. The highest BCUT2D eigenvalue weighted by Gasteiger charge is 2.31. The van der Waals surface area contributed by atoms with Crippen molar-refractivity contribution >= 4 is 0 Å². The van der Waals surface area contributed by atoms with Gasteiger partial charge in [0.1, 0.15) is 29.5 Å². The van der Waals surface area contributed by atoms with E-state index in [4.69, 9.17) is 18.7 Å². The average Bonchev–Trinajstić information content (AvgIpc) is 3.45. The highest BCUT2D eigenvalue weighted by Crippen LogP contribution is 2.35. The lowest BCUT2D eigenvalue weighted by Crippen LogP contribution is -2.23. The molecule has 0 aliphatic carbocycles. The van der Waals surface area contributed by atoms with Crippen LogP contribution in [0.2, 0.25) is 0 Å². The summed E-state index contributed by atoms with van der Waals surface area (Å²) in [6.45, 7) is 2.42. The summed E-state index contributed by atoms with van der Waals surface area (Å²) in [5.41, 5.74) is 1.41. The predicted molar refractivity (Wildman–Crippen MR) is 112 cm³/mol. The van der Waals surface area contributed by atoms with Gasteiger partial charge in [0.2, 0.25) is 11.7 Å². The van der Waals surface area contributed by atoms with E-state index in [1.54, 1.807) is 38.6 Å². The molecule has 3 aromatic rings. The number of hydrogen-bond acceptors (Lipinski definition) is 9. The lowest BCUT2D eigenvalue weighted by Gasteiger charge is -2.22. The Morgan fingerprint density at radius 3 is 2.87 bits per heavy atom. The normalized spacial score (nSPS) is 16.5. The highest BCUT2D eigenvalue weighted by atomic mass is 16.5. The van der Waals surface area contributed by atoms with Crippen molar-refractivity contribution in [3.63, 3.8) is 0 Å². The van der Waals surface area contributed by atoms with Gasteiger partial charge in [-0.25, -0.2) is 0 Å². The number of aromatic hydroxyl groups is 1. The van der Waals surface area contributed by atoms with Gasteiger partial charge in [0, 0.05) is 37.5 Å². The number of hydrogen-bond donors (Lipinski definition) is 1. The van der Waals surface area contributed by atoms with Gasteiger partial charge in [-0.3, -0.25) is 9.88 Å². The number of phenolic OH excluding ortho intramolecular Hbond substituents is 1. The Morgan fingerprint density at radius 1 is 1.16 bits per heavy atom. The molecule has 0 bridgehead atoms. The van der Waals surface area contributed by atoms with Gasteiger partial charge in [-0.2, -0.15) is 4.98 Å². The van der Waals surface area contributed by atoms with Crippen LogP contribution in [0.15, 0.2) is 41.1 Å². The zero-order valence-electron chi connectivity index (χ0n) is 17.7. The van der Waals surface area contributed by atoms with E-state index in [9.17, 15) is 5.11 Å². The van der Waals surface area contributed by atoms with Crippen molar-refractivity contribution in [2.75, 3.05) is 34.0 Å². The first kappa shape index (κ1) is 21.1. The van der Waals surface area contributed by atoms with Crippen LogP contribution in [0.25, 0.3) is 11.5 Å². The van der Waals surface area contributed by atoms with Crippen LogP contribution >= 0.6 is 0 Å². The van der Waals surface area contributed by atoms with Gasteiger partial charge in [0.15, 0.2) is 0 Å². The molecule has 9 nitrogen and oxygen atoms in total. The first-order valence-corrected chi connectivity index (χ1v) is 10.2. The van der Waals surface area contributed by atoms with Crippen molar-refractivity contribution in [3.05, 3.63) is 48.0 Å². The van der Waals surface area contributed by atoms with Crippen LogP contribution in [-0.4, -0.2) is 59.1 Å². The summed E-state index contributed by atoms with van der Waals surface area (Å²) >= 11 is 0. The van der Waals surface area contributed by atoms with E-state index in [0.717, 1.165) is 24.9 Å². The van der Waals surface area contributed by atoms with E-state index < -0.39 is 0 Å². The van der Waals surface area contributed by atoms with Crippen molar-refractivity contribution < 1.29 is 23.8 Å². The Labute approximate surface area is 180 Å². The van der Waals surface area contributed by atoms with E-state index >= 15 is 0 Å². The van der Waals surface area contributed by atoms with Crippen molar-refractivity contribution in [2.24, 2.45) is 0 Å². The SMILES string of the molecule is COCCOc1ccnc(-c2noc([C@H]3CCCN3Cc3ccc(OC)cc3O)n2)c1. The van der Waals surface area contributed by atoms with E-state index in [1.165, 1.54) is 0 Å². The lowest BCUT2D eigenvalue weighted by molar-refractivity contribution is 0.146. The number of phenols is 1. The zero-order valence-corrected chi connectivity index (χ0v) is 17.7. The molecule has 3 heterocycles. The van der Waals surface area contributed by atoms with Crippen LogP contribution in [0.5, 0.6) is 17.2 Å². The highest BCUT2D eigenvalue weighted by molar-refractivity contribution is 5.51. The largest absolute Gasteiger partial charge is 0.507 e. The molecule has 9 heteroatoms. The van der Waals surface area contributed by atoms with Crippen molar-refractivity contribution in [1.82, 2.24) is 20.0 Å². The fourth-order valence-corrected chi connectivity index (χ4v) is 3.66. The molecule has 0 amide bonds. The molecule has 1 aliphatic heterocycles. The number of pyridine rings is 1. The molecule has 1 aliphatic rings. The number of benzene rings is 1. The van der Waals surface area contributed by atoms with Gasteiger partial charge in [-0.15, -0.1) is 0 Å². The smallest absolute Gasteiger partial charge is 0.244 e. The molecule has 1 atom stereocenters. The second kappa shape index (κ2) is 9.76. The molecular formula is C22H26N4O5. The molecule has 1 N–H and O–H groups in total. The fourth-order valence-electron chi connectivity index (χ4n) is 3.66. The Kier molecular flexibility index (Phi) is 6.63. The molecule has 164 valence electrons. The third-order valence-corrected chi connectivity index (χ3v) is 5.27. The maximum Gasteiger partial charge on any atom is 0.244 e. The summed E-state index contributed by atoms with van der Waals surface area (Å²) in [5, 5.41) is 14.4. The van der Waals surface area contributed by atoms with Gasteiger partial charge < -0.3 is 23.8 Å². The fraction of sp³-hybridized carbons (Fsp3) is 0.409. The second-order valence-corrected chi connectivity index (χ2v) is 7.30. The van der Waals surface area contributed by atoms with Crippen molar-refractivity contribution in [3.8, 4) is 28.8 Å². The average molecular weight is 426 g/mol. The van der Waals surface area contributed by atoms with Gasteiger partial charge in [0.25, 0.3) is 0 Å². The molecule has 1 saturated heterocycles. The van der Waals surface area contributed by atoms with Crippen LogP contribution in [-0.2, 0) is 11.3 Å². The zero-order chi connectivity index (χ0) is 21.6. The van der Waals surface area contributed by atoms with Crippen LogP contribution < -0.4 is 9.47 Å². The molecule has 1 aromatic carbocycles. The van der Waals surface area contributed by atoms with Gasteiger partial charge >= 0.3 is 0 Å². The minimum atomic E-state index is -0.0103. The molecule has 0 radical (unpaired) electrons. The summed E-state index contributed by atoms with van der Waals surface area (Å²) in [4.78, 5) is 11.2. The first-order chi connectivity index (χ1) is 15.2. The van der Waals surface area contributed by atoms with Crippen LogP contribution in [0.3, 0.4) is 0 Å². The van der Waals surface area contributed by atoms with Crippen LogP contribution in [0.1, 0.15) is 30.3 Å². The Balaban J connectivity index is 1.47.